The average molecular weight is 302 g/mol. The minimum Gasteiger partial charge on any atom is -0.314 e. The van der Waals surface area contributed by atoms with E-state index >= 15 is 0 Å². The maximum absolute atomic E-state index is 4.82. The Morgan fingerprint density at radius 2 is 2.00 bits per heavy atom. The maximum Gasteiger partial charge on any atom is 0.0954 e. The zero-order chi connectivity index (χ0) is 14.7. The van der Waals surface area contributed by atoms with E-state index in [1.165, 1.54) is 35.4 Å². The zero-order valence-electron chi connectivity index (χ0n) is 13.1. The third-order valence-corrected chi connectivity index (χ3v) is 5.89. The Labute approximate surface area is 132 Å². The summed E-state index contributed by atoms with van der Waals surface area (Å²) in [5, 5.41) is 5.02. The minimum atomic E-state index is 0.600. The highest BCUT2D eigenvalue weighted by atomic mass is 32.1. The van der Waals surface area contributed by atoms with Crippen LogP contribution in [0.3, 0.4) is 0 Å². The van der Waals surface area contributed by atoms with Gasteiger partial charge in [0.05, 0.1) is 15.2 Å². The third kappa shape index (κ3) is 3.64. The molecule has 1 aromatic heterocycles. The van der Waals surface area contributed by atoms with Crippen molar-refractivity contribution in [2.75, 3.05) is 6.54 Å². The quantitative estimate of drug-likeness (QED) is 0.870. The highest BCUT2D eigenvalue weighted by molar-refractivity contribution is 7.18. The Morgan fingerprint density at radius 1 is 1.24 bits per heavy atom. The van der Waals surface area contributed by atoms with Crippen LogP contribution < -0.4 is 5.32 Å². The molecule has 1 fully saturated rings. The second-order valence-electron chi connectivity index (χ2n) is 6.46. The molecule has 1 N–H and O–H groups in total. The molecule has 0 bridgehead atoms. The number of benzene rings is 1. The molecule has 2 nitrogen and oxygen atoms in total. The Morgan fingerprint density at radius 3 is 2.71 bits per heavy atom. The molecule has 1 aliphatic carbocycles. The van der Waals surface area contributed by atoms with Gasteiger partial charge in [0.1, 0.15) is 0 Å². The Balaban J connectivity index is 1.72. The van der Waals surface area contributed by atoms with Gasteiger partial charge in [0, 0.05) is 12.5 Å². The summed E-state index contributed by atoms with van der Waals surface area (Å²) in [5.74, 6) is 1.75. The number of hydrogen-bond acceptors (Lipinski definition) is 3. The zero-order valence-corrected chi connectivity index (χ0v) is 14.0. The van der Waals surface area contributed by atoms with Crippen LogP contribution >= 0.6 is 11.3 Å². The maximum atomic E-state index is 4.82. The average Bonchev–Trinajstić information content (AvgIpc) is 2.90. The third-order valence-electron chi connectivity index (χ3n) is 4.83. The lowest BCUT2D eigenvalue weighted by molar-refractivity contribution is 0.230. The number of nitrogens with one attached hydrogen (secondary N) is 1. The molecule has 2 aromatic rings. The van der Waals surface area contributed by atoms with Crippen LogP contribution in [0.5, 0.6) is 0 Å². The molecule has 1 atom stereocenters. The number of para-hydroxylation sites is 1. The molecule has 1 unspecified atom stereocenters. The molecule has 1 saturated carbocycles. The fraction of sp³-hybridized carbons (Fsp3) is 0.611. The van der Waals surface area contributed by atoms with Gasteiger partial charge < -0.3 is 5.32 Å². The molecule has 1 aromatic carbocycles. The van der Waals surface area contributed by atoms with E-state index in [4.69, 9.17) is 4.98 Å². The topological polar surface area (TPSA) is 24.9 Å². The van der Waals surface area contributed by atoms with Crippen LogP contribution in [0.2, 0.25) is 0 Å². The molecule has 0 aliphatic heterocycles. The van der Waals surface area contributed by atoms with E-state index in [0.29, 0.717) is 6.04 Å². The van der Waals surface area contributed by atoms with Crippen molar-refractivity contribution in [1.82, 2.24) is 10.3 Å². The van der Waals surface area contributed by atoms with Crippen LogP contribution in [0.15, 0.2) is 24.3 Å². The van der Waals surface area contributed by atoms with Crippen LogP contribution in [0.1, 0.15) is 44.5 Å². The molecule has 0 radical (unpaired) electrons. The molecule has 114 valence electrons. The second kappa shape index (κ2) is 6.89. The number of aromatic nitrogens is 1. The molecule has 3 heteroatoms. The number of likely N-dealkylation sites (N-methyl/N-ethyl adjacent to an activating group) is 1. The summed E-state index contributed by atoms with van der Waals surface area (Å²) in [6.07, 6.45) is 6.64. The molecule has 0 saturated heterocycles. The molecular weight excluding hydrogens is 276 g/mol. The molecule has 1 heterocycles. The van der Waals surface area contributed by atoms with Gasteiger partial charge in [-0.3, -0.25) is 0 Å². The fourth-order valence-corrected chi connectivity index (χ4v) is 4.58. The van der Waals surface area contributed by atoms with Crippen molar-refractivity contribution in [3.8, 4) is 0 Å². The highest BCUT2D eigenvalue weighted by Gasteiger charge is 2.26. The second-order valence-corrected chi connectivity index (χ2v) is 7.58. The molecule has 0 spiro atoms. The molecule has 21 heavy (non-hydrogen) atoms. The van der Waals surface area contributed by atoms with E-state index in [-0.39, 0.29) is 0 Å². The van der Waals surface area contributed by atoms with Gasteiger partial charge in [-0.05, 0) is 43.4 Å². The normalized spacial score (nSPS) is 24.3. The van der Waals surface area contributed by atoms with Crippen LogP contribution in [0.25, 0.3) is 10.2 Å². The van der Waals surface area contributed by atoms with Crippen LogP contribution in [0, 0.1) is 11.8 Å². The summed E-state index contributed by atoms with van der Waals surface area (Å²) in [6, 6.07) is 9.09. The standard InChI is InChI=1S/C18H26N2S/c1-3-19-16(14-10-8-13(2)9-11-14)12-18-20-15-6-4-5-7-17(15)21-18/h4-7,13-14,16,19H,3,8-12H2,1-2H3. The predicted octanol–water partition coefficient (Wildman–Crippen LogP) is 4.64. The van der Waals surface area contributed by atoms with Gasteiger partial charge >= 0.3 is 0 Å². The predicted molar refractivity (Wildman–Crippen MR) is 91.9 cm³/mol. The van der Waals surface area contributed by atoms with Crippen LogP contribution in [-0.2, 0) is 6.42 Å². The lowest BCUT2D eigenvalue weighted by Crippen LogP contribution is -2.39. The largest absolute Gasteiger partial charge is 0.314 e. The summed E-state index contributed by atoms with van der Waals surface area (Å²) in [4.78, 5) is 4.82. The van der Waals surface area contributed by atoms with Gasteiger partial charge in [-0.2, -0.15) is 0 Å². The van der Waals surface area contributed by atoms with Crippen molar-refractivity contribution >= 4 is 21.6 Å². The lowest BCUT2D eigenvalue weighted by atomic mass is 9.78. The Bertz CT molecular complexity index is 536. The number of rotatable bonds is 5. The molecule has 1 aliphatic rings. The van der Waals surface area contributed by atoms with Gasteiger partial charge in [0.25, 0.3) is 0 Å². The van der Waals surface area contributed by atoms with E-state index in [2.05, 4.69) is 43.4 Å². The van der Waals surface area contributed by atoms with Crippen molar-refractivity contribution in [3.05, 3.63) is 29.3 Å². The fourth-order valence-electron chi connectivity index (χ4n) is 3.55. The lowest BCUT2D eigenvalue weighted by Gasteiger charge is -2.33. The molecular formula is C18H26N2S. The minimum absolute atomic E-state index is 0.600. The van der Waals surface area contributed by atoms with Crippen LogP contribution in [-0.4, -0.2) is 17.6 Å². The van der Waals surface area contributed by atoms with Crippen molar-refractivity contribution in [1.29, 1.82) is 0 Å². The number of fused-ring (bicyclic) bond motifs is 1. The summed E-state index contributed by atoms with van der Waals surface area (Å²) in [7, 11) is 0. The van der Waals surface area contributed by atoms with E-state index in [9.17, 15) is 0 Å². The Hall–Kier alpha value is -0.930. The van der Waals surface area contributed by atoms with Gasteiger partial charge in [-0.25, -0.2) is 4.98 Å². The smallest absolute Gasteiger partial charge is 0.0954 e. The SMILES string of the molecule is CCNC(Cc1nc2ccccc2s1)C1CCC(C)CC1. The monoisotopic (exact) mass is 302 g/mol. The van der Waals surface area contributed by atoms with Gasteiger partial charge in [-0.15, -0.1) is 11.3 Å². The van der Waals surface area contributed by atoms with Crippen molar-refractivity contribution in [2.45, 2.75) is 52.0 Å². The first-order chi connectivity index (χ1) is 10.3. The highest BCUT2D eigenvalue weighted by Crippen LogP contribution is 2.32. The summed E-state index contributed by atoms with van der Waals surface area (Å²) in [5.41, 5.74) is 1.16. The van der Waals surface area contributed by atoms with Gasteiger partial charge in [0.15, 0.2) is 0 Å². The van der Waals surface area contributed by atoms with E-state index < -0.39 is 0 Å². The number of nitrogens with zero attached hydrogens (tertiary/aromatic N) is 1. The molecule has 3 rings (SSSR count). The first-order valence-corrected chi connectivity index (χ1v) is 9.15. The van der Waals surface area contributed by atoms with E-state index in [1.54, 1.807) is 0 Å². The summed E-state index contributed by atoms with van der Waals surface area (Å²) < 4.78 is 1.32. The first kappa shape index (κ1) is 15.0. The van der Waals surface area contributed by atoms with Crippen molar-refractivity contribution in [2.24, 2.45) is 11.8 Å². The van der Waals surface area contributed by atoms with Gasteiger partial charge in [-0.1, -0.05) is 38.8 Å². The number of thiazole rings is 1. The van der Waals surface area contributed by atoms with Gasteiger partial charge in [0.2, 0.25) is 0 Å². The van der Waals surface area contributed by atoms with Crippen molar-refractivity contribution in [3.63, 3.8) is 0 Å². The molecule has 0 amide bonds. The van der Waals surface area contributed by atoms with E-state index in [1.807, 2.05) is 11.3 Å². The van der Waals surface area contributed by atoms with Crippen molar-refractivity contribution < 1.29 is 0 Å². The van der Waals surface area contributed by atoms with E-state index in [0.717, 1.165) is 30.3 Å². The Kier molecular flexibility index (Phi) is 4.91. The number of hydrogen-bond donors (Lipinski definition) is 1. The first-order valence-electron chi connectivity index (χ1n) is 8.34. The summed E-state index contributed by atoms with van der Waals surface area (Å²) in [6.45, 7) is 5.67. The van der Waals surface area contributed by atoms with Crippen LogP contribution in [0.4, 0.5) is 0 Å². The summed E-state index contributed by atoms with van der Waals surface area (Å²) >= 11 is 1.86.